The molecule has 0 saturated heterocycles. The number of anilines is 1. The summed E-state index contributed by atoms with van der Waals surface area (Å²) in [5.41, 5.74) is 5.61. The number of nitrogens with one attached hydrogen (secondary N) is 1. The van der Waals surface area contributed by atoms with E-state index in [0.29, 0.717) is 0 Å². The van der Waals surface area contributed by atoms with Gasteiger partial charge in [0.15, 0.2) is 0 Å². The Morgan fingerprint density at radius 3 is 2.89 bits per heavy atom. The quantitative estimate of drug-likeness (QED) is 0.790. The third kappa shape index (κ3) is 1.99. The monoisotopic (exact) mass is 241 g/mol. The number of halogens is 1. The fraction of sp³-hybridized carbons (Fsp3) is 0.250. The Morgan fingerprint density at radius 1 is 1.17 bits per heavy atom. The lowest BCUT2D eigenvalue weighted by Gasteiger charge is -2.21. The third-order valence-corrected chi connectivity index (χ3v) is 3.45. The molecule has 0 spiro atoms. The van der Waals surface area contributed by atoms with Crippen LogP contribution in [-0.2, 0) is 6.42 Å². The highest BCUT2D eigenvalue weighted by Crippen LogP contribution is 2.33. The largest absolute Gasteiger partial charge is 0.385 e. The van der Waals surface area contributed by atoms with Gasteiger partial charge in [0.25, 0.3) is 0 Å². The molecular formula is C16H16FN. The summed E-state index contributed by atoms with van der Waals surface area (Å²) in [4.78, 5) is 0. The summed E-state index contributed by atoms with van der Waals surface area (Å²) in [6, 6.07) is 11.5. The van der Waals surface area contributed by atoms with E-state index < -0.39 is 0 Å². The molecule has 92 valence electrons. The SMILES string of the molecule is Cc1cc(F)cc(-c2cccc3c2CCCN3)c1. The average molecular weight is 241 g/mol. The van der Waals surface area contributed by atoms with Gasteiger partial charge in [-0.25, -0.2) is 4.39 Å². The predicted molar refractivity (Wildman–Crippen MR) is 73.4 cm³/mol. The molecule has 0 aromatic heterocycles. The Balaban J connectivity index is 2.16. The van der Waals surface area contributed by atoms with E-state index in [2.05, 4.69) is 17.4 Å². The summed E-state index contributed by atoms with van der Waals surface area (Å²) >= 11 is 0. The third-order valence-electron chi connectivity index (χ3n) is 3.45. The van der Waals surface area contributed by atoms with E-state index in [1.807, 2.05) is 19.1 Å². The minimum atomic E-state index is -0.161. The van der Waals surface area contributed by atoms with Crippen LogP contribution in [0.4, 0.5) is 10.1 Å². The Morgan fingerprint density at radius 2 is 2.06 bits per heavy atom. The summed E-state index contributed by atoms with van der Waals surface area (Å²) in [5, 5.41) is 3.41. The van der Waals surface area contributed by atoms with E-state index in [1.165, 1.54) is 11.3 Å². The van der Waals surface area contributed by atoms with Crippen molar-refractivity contribution >= 4 is 5.69 Å². The van der Waals surface area contributed by atoms with Crippen LogP contribution in [0.1, 0.15) is 17.5 Å². The molecular weight excluding hydrogens is 225 g/mol. The zero-order valence-corrected chi connectivity index (χ0v) is 10.5. The van der Waals surface area contributed by atoms with Crippen LogP contribution in [0.2, 0.25) is 0 Å². The van der Waals surface area contributed by atoms with Gasteiger partial charge < -0.3 is 5.32 Å². The van der Waals surface area contributed by atoms with Crippen LogP contribution in [0.3, 0.4) is 0 Å². The van der Waals surface area contributed by atoms with Crippen LogP contribution in [0.15, 0.2) is 36.4 Å². The van der Waals surface area contributed by atoms with Crippen molar-refractivity contribution in [2.75, 3.05) is 11.9 Å². The Kier molecular flexibility index (Phi) is 2.78. The van der Waals surface area contributed by atoms with Crippen molar-refractivity contribution < 1.29 is 4.39 Å². The molecule has 2 aromatic rings. The van der Waals surface area contributed by atoms with Gasteiger partial charge in [0, 0.05) is 12.2 Å². The number of rotatable bonds is 1. The maximum absolute atomic E-state index is 13.5. The predicted octanol–water partition coefficient (Wildman–Crippen LogP) is 4.16. The molecule has 1 aliphatic rings. The van der Waals surface area contributed by atoms with Crippen LogP contribution < -0.4 is 5.32 Å². The number of benzene rings is 2. The highest BCUT2D eigenvalue weighted by molar-refractivity contribution is 5.75. The lowest BCUT2D eigenvalue weighted by atomic mass is 9.92. The highest BCUT2D eigenvalue weighted by atomic mass is 19.1. The fourth-order valence-electron chi connectivity index (χ4n) is 2.67. The molecule has 0 fully saturated rings. The van der Waals surface area contributed by atoms with Crippen LogP contribution in [0, 0.1) is 12.7 Å². The first kappa shape index (κ1) is 11.3. The molecule has 0 unspecified atom stereocenters. The van der Waals surface area contributed by atoms with Crippen molar-refractivity contribution in [2.24, 2.45) is 0 Å². The van der Waals surface area contributed by atoms with Crippen LogP contribution in [-0.4, -0.2) is 6.54 Å². The molecule has 3 rings (SSSR count). The van der Waals surface area contributed by atoms with E-state index in [1.54, 1.807) is 12.1 Å². The first-order chi connectivity index (χ1) is 8.74. The van der Waals surface area contributed by atoms with Crippen molar-refractivity contribution in [3.05, 3.63) is 53.3 Å². The average Bonchev–Trinajstić information content (AvgIpc) is 2.37. The molecule has 1 nitrogen and oxygen atoms in total. The number of hydrogen-bond acceptors (Lipinski definition) is 1. The van der Waals surface area contributed by atoms with Crippen LogP contribution in [0.5, 0.6) is 0 Å². The van der Waals surface area contributed by atoms with E-state index in [9.17, 15) is 4.39 Å². The van der Waals surface area contributed by atoms with Crippen molar-refractivity contribution in [2.45, 2.75) is 19.8 Å². The van der Waals surface area contributed by atoms with Crippen molar-refractivity contribution in [1.82, 2.24) is 0 Å². The lowest BCUT2D eigenvalue weighted by Crippen LogP contribution is -2.12. The first-order valence-corrected chi connectivity index (χ1v) is 6.37. The standard InChI is InChI=1S/C16H16FN/c1-11-8-12(10-13(17)9-11)14-4-2-6-16-15(14)5-3-7-18-16/h2,4,6,8-10,18H,3,5,7H2,1H3. The normalized spacial score (nSPS) is 13.9. The second kappa shape index (κ2) is 4.45. The number of fused-ring (bicyclic) bond motifs is 1. The van der Waals surface area contributed by atoms with Gasteiger partial charge >= 0.3 is 0 Å². The second-order valence-electron chi connectivity index (χ2n) is 4.88. The summed E-state index contributed by atoms with van der Waals surface area (Å²) < 4.78 is 13.5. The minimum Gasteiger partial charge on any atom is -0.385 e. The van der Waals surface area contributed by atoms with Crippen LogP contribution >= 0.6 is 0 Å². The highest BCUT2D eigenvalue weighted by Gasteiger charge is 2.14. The Hall–Kier alpha value is -1.83. The van der Waals surface area contributed by atoms with Crippen LogP contribution in [0.25, 0.3) is 11.1 Å². The summed E-state index contributed by atoms with van der Waals surface area (Å²) in [6.45, 7) is 2.96. The van der Waals surface area contributed by atoms with Gasteiger partial charge in [-0.15, -0.1) is 0 Å². The first-order valence-electron chi connectivity index (χ1n) is 6.37. The molecule has 0 atom stereocenters. The zero-order chi connectivity index (χ0) is 12.5. The molecule has 0 amide bonds. The number of aryl methyl sites for hydroxylation is 1. The molecule has 18 heavy (non-hydrogen) atoms. The van der Waals surface area contributed by atoms with Gasteiger partial charge in [-0.2, -0.15) is 0 Å². The molecule has 0 aliphatic carbocycles. The van der Waals surface area contributed by atoms with Gasteiger partial charge in [-0.3, -0.25) is 0 Å². The maximum Gasteiger partial charge on any atom is 0.124 e. The molecule has 2 aromatic carbocycles. The summed E-state index contributed by atoms with van der Waals surface area (Å²) in [6.07, 6.45) is 2.20. The molecule has 1 heterocycles. The van der Waals surface area contributed by atoms with E-state index >= 15 is 0 Å². The molecule has 0 radical (unpaired) electrons. The molecule has 1 N–H and O–H groups in total. The lowest BCUT2D eigenvalue weighted by molar-refractivity contribution is 0.627. The van der Waals surface area contributed by atoms with Crippen molar-refractivity contribution in [3.8, 4) is 11.1 Å². The molecule has 0 bridgehead atoms. The summed E-state index contributed by atoms with van der Waals surface area (Å²) in [5.74, 6) is -0.161. The van der Waals surface area contributed by atoms with E-state index in [4.69, 9.17) is 0 Å². The molecule has 1 aliphatic heterocycles. The van der Waals surface area contributed by atoms with Gasteiger partial charge in [0.05, 0.1) is 0 Å². The fourth-order valence-corrected chi connectivity index (χ4v) is 2.67. The summed E-state index contributed by atoms with van der Waals surface area (Å²) in [7, 11) is 0. The smallest absolute Gasteiger partial charge is 0.124 e. The second-order valence-corrected chi connectivity index (χ2v) is 4.88. The minimum absolute atomic E-state index is 0.161. The topological polar surface area (TPSA) is 12.0 Å². The van der Waals surface area contributed by atoms with Crippen molar-refractivity contribution in [1.29, 1.82) is 0 Å². The van der Waals surface area contributed by atoms with Gasteiger partial charge in [0.2, 0.25) is 0 Å². The molecule has 0 saturated carbocycles. The van der Waals surface area contributed by atoms with Crippen molar-refractivity contribution in [3.63, 3.8) is 0 Å². The van der Waals surface area contributed by atoms with E-state index in [-0.39, 0.29) is 5.82 Å². The Labute approximate surface area is 107 Å². The van der Waals surface area contributed by atoms with Gasteiger partial charge in [0.1, 0.15) is 5.82 Å². The maximum atomic E-state index is 13.5. The van der Waals surface area contributed by atoms with Gasteiger partial charge in [-0.05, 0) is 60.2 Å². The van der Waals surface area contributed by atoms with Gasteiger partial charge in [-0.1, -0.05) is 18.2 Å². The van der Waals surface area contributed by atoms with E-state index in [0.717, 1.165) is 36.1 Å². The molecule has 2 heteroatoms. The number of hydrogen-bond donors (Lipinski definition) is 1. The zero-order valence-electron chi connectivity index (χ0n) is 10.5. The Bertz CT molecular complexity index is 569.